The lowest BCUT2D eigenvalue weighted by Gasteiger charge is -2.15. The van der Waals surface area contributed by atoms with Gasteiger partial charge in [-0.1, -0.05) is 48.5 Å². The molecule has 27 heavy (non-hydrogen) atoms. The van der Waals surface area contributed by atoms with Gasteiger partial charge in [-0.3, -0.25) is 4.72 Å². The van der Waals surface area contributed by atoms with Gasteiger partial charge < -0.3 is 10.2 Å². The summed E-state index contributed by atoms with van der Waals surface area (Å²) in [5, 5.41) is 21.0. The average molecular weight is 402 g/mol. The summed E-state index contributed by atoms with van der Waals surface area (Å²) >= 11 is 1.17. The summed E-state index contributed by atoms with van der Waals surface area (Å²) in [6.07, 6.45) is 0. The summed E-state index contributed by atoms with van der Waals surface area (Å²) in [4.78, 5) is 0.605. The predicted molar refractivity (Wildman–Crippen MR) is 110 cm³/mol. The topological polar surface area (TPSA) is 86.6 Å². The molecule has 3 aromatic carbocycles. The quantitative estimate of drug-likeness (QED) is 0.313. The second kappa shape index (κ2) is 7.54. The summed E-state index contributed by atoms with van der Waals surface area (Å²) in [7, 11) is -3.79. The van der Waals surface area contributed by atoms with Gasteiger partial charge in [0.2, 0.25) is 0 Å². The van der Waals surface area contributed by atoms with Crippen LogP contribution >= 0.6 is 11.8 Å². The highest BCUT2D eigenvalue weighted by atomic mass is 32.2. The second-order valence-corrected chi connectivity index (χ2v) is 8.79. The highest BCUT2D eigenvalue weighted by Gasteiger charge is 2.18. The largest absolute Gasteiger partial charge is 0.512 e. The number of benzene rings is 3. The van der Waals surface area contributed by atoms with Gasteiger partial charge in [-0.15, -0.1) is 11.8 Å². The average Bonchev–Trinajstić information content (AvgIpc) is 2.63. The van der Waals surface area contributed by atoms with E-state index in [0.29, 0.717) is 21.4 Å². The van der Waals surface area contributed by atoms with E-state index in [0.717, 1.165) is 5.56 Å². The highest BCUT2D eigenvalue weighted by molar-refractivity contribution is 7.99. The maximum absolute atomic E-state index is 12.8. The van der Waals surface area contributed by atoms with Gasteiger partial charge in [0, 0.05) is 10.8 Å². The maximum Gasteiger partial charge on any atom is 0.261 e. The minimum Gasteiger partial charge on any atom is -0.512 e. The molecule has 0 spiro atoms. The van der Waals surface area contributed by atoms with Crippen molar-refractivity contribution in [2.75, 3.05) is 10.5 Å². The number of nitrogens with one attached hydrogen (secondary N) is 1. The minimum atomic E-state index is -3.79. The zero-order valence-electron chi connectivity index (χ0n) is 14.6. The number of rotatable bonds is 6. The van der Waals surface area contributed by atoms with E-state index in [2.05, 4.69) is 11.3 Å². The van der Waals surface area contributed by atoms with E-state index in [1.165, 1.54) is 11.8 Å². The fourth-order valence-electron chi connectivity index (χ4n) is 2.61. The third kappa shape index (κ3) is 4.20. The van der Waals surface area contributed by atoms with Crippen LogP contribution in [-0.2, 0) is 10.0 Å². The molecule has 3 aromatic rings. The Morgan fingerprint density at radius 3 is 2.37 bits per heavy atom. The van der Waals surface area contributed by atoms with Gasteiger partial charge in [0.05, 0.1) is 27.0 Å². The molecular weight excluding hydrogens is 382 g/mol. The highest BCUT2D eigenvalue weighted by Crippen LogP contribution is 2.40. The summed E-state index contributed by atoms with van der Waals surface area (Å²) in [6.45, 7) is 5.32. The molecule has 3 N–H and O–H groups in total. The summed E-state index contributed by atoms with van der Waals surface area (Å²) in [5.74, 6) is 0.195. The number of anilines is 1. The van der Waals surface area contributed by atoms with Gasteiger partial charge in [-0.05, 0) is 25.1 Å². The number of aliphatic hydroxyl groups is 1. The Morgan fingerprint density at radius 2 is 1.74 bits per heavy atom. The van der Waals surface area contributed by atoms with E-state index in [4.69, 9.17) is 0 Å². The van der Waals surface area contributed by atoms with E-state index in [1.807, 2.05) is 6.92 Å². The molecule has 0 unspecified atom stereocenters. The van der Waals surface area contributed by atoms with E-state index >= 15 is 0 Å². The van der Waals surface area contributed by atoms with E-state index in [9.17, 15) is 18.6 Å². The summed E-state index contributed by atoms with van der Waals surface area (Å²) < 4.78 is 28.2. The van der Waals surface area contributed by atoms with Gasteiger partial charge in [0.15, 0.2) is 0 Å². The van der Waals surface area contributed by atoms with Crippen molar-refractivity contribution in [3.63, 3.8) is 0 Å². The number of phenolic OH excluding ortho intramolecular Hbond substituents is 1. The first kappa shape index (κ1) is 19.1. The third-order valence-electron chi connectivity index (χ3n) is 3.95. The van der Waals surface area contributed by atoms with Crippen LogP contribution in [0.4, 0.5) is 5.69 Å². The molecule has 0 atom stereocenters. The molecule has 0 radical (unpaired) electrons. The van der Waals surface area contributed by atoms with Crippen molar-refractivity contribution in [2.24, 2.45) is 0 Å². The number of fused-ring (bicyclic) bond motifs is 1. The molecule has 0 fully saturated rings. The van der Waals surface area contributed by atoms with Crippen molar-refractivity contribution in [3.8, 4) is 5.75 Å². The van der Waals surface area contributed by atoms with E-state index < -0.39 is 10.0 Å². The fourth-order valence-corrected chi connectivity index (χ4v) is 4.45. The number of thioether (sulfide) groups is 1. The number of aliphatic hydroxyl groups excluding tert-OH is 1. The lowest BCUT2D eigenvalue weighted by Crippen LogP contribution is -2.13. The molecule has 0 bridgehead atoms. The molecule has 140 valence electrons. The number of aromatic hydroxyl groups is 1. The SMILES string of the molecule is C=C(O)CSc1cc(NS(=O)(=O)c2ccc(C)cc2)c2ccccc2c1O. The Bertz CT molecular complexity index is 1110. The van der Waals surface area contributed by atoms with Crippen LogP contribution in [0.25, 0.3) is 10.8 Å². The normalized spacial score (nSPS) is 11.4. The molecule has 5 nitrogen and oxygen atoms in total. The maximum atomic E-state index is 12.8. The summed E-state index contributed by atoms with van der Waals surface area (Å²) in [5.41, 5.74) is 1.32. The van der Waals surface area contributed by atoms with Crippen molar-refractivity contribution in [2.45, 2.75) is 16.7 Å². The van der Waals surface area contributed by atoms with Crippen LogP contribution in [0.1, 0.15) is 5.56 Å². The van der Waals surface area contributed by atoms with Gasteiger partial charge >= 0.3 is 0 Å². The number of sulfonamides is 1. The number of aryl methyl sites for hydroxylation is 1. The van der Waals surface area contributed by atoms with Crippen LogP contribution in [0.15, 0.2) is 76.7 Å². The molecule has 0 aliphatic heterocycles. The van der Waals surface area contributed by atoms with Crippen molar-refractivity contribution < 1.29 is 18.6 Å². The molecule has 0 saturated carbocycles. The number of hydrogen-bond donors (Lipinski definition) is 3. The van der Waals surface area contributed by atoms with E-state index in [-0.39, 0.29) is 22.2 Å². The smallest absolute Gasteiger partial charge is 0.261 e. The molecule has 3 rings (SSSR count). The number of phenols is 1. The van der Waals surface area contributed by atoms with Crippen molar-refractivity contribution in [1.82, 2.24) is 0 Å². The van der Waals surface area contributed by atoms with Crippen LogP contribution < -0.4 is 4.72 Å². The van der Waals surface area contributed by atoms with Crippen molar-refractivity contribution in [3.05, 3.63) is 72.5 Å². The van der Waals surface area contributed by atoms with Crippen LogP contribution in [-0.4, -0.2) is 24.4 Å². The lowest BCUT2D eigenvalue weighted by molar-refractivity contribution is 0.420. The zero-order chi connectivity index (χ0) is 19.6. The van der Waals surface area contributed by atoms with Gasteiger partial charge in [-0.25, -0.2) is 8.42 Å². The van der Waals surface area contributed by atoms with Crippen molar-refractivity contribution in [1.29, 1.82) is 0 Å². The molecule has 0 saturated heterocycles. The zero-order valence-corrected chi connectivity index (χ0v) is 16.3. The molecule has 0 aliphatic carbocycles. The summed E-state index contributed by atoms with van der Waals surface area (Å²) in [6, 6.07) is 15.1. The second-order valence-electron chi connectivity index (χ2n) is 6.09. The molecular formula is C20H19NO4S2. The molecule has 7 heteroatoms. The monoisotopic (exact) mass is 401 g/mol. The van der Waals surface area contributed by atoms with Crippen LogP contribution in [0, 0.1) is 6.92 Å². The Labute approximate surface area is 162 Å². The van der Waals surface area contributed by atoms with Gasteiger partial charge in [-0.2, -0.15) is 0 Å². The fraction of sp³-hybridized carbons (Fsp3) is 0.100. The van der Waals surface area contributed by atoms with Crippen LogP contribution in [0.3, 0.4) is 0 Å². The van der Waals surface area contributed by atoms with Gasteiger partial charge in [0.1, 0.15) is 5.75 Å². The van der Waals surface area contributed by atoms with E-state index in [1.54, 1.807) is 54.6 Å². The molecule has 0 amide bonds. The van der Waals surface area contributed by atoms with Crippen LogP contribution in [0.2, 0.25) is 0 Å². The van der Waals surface area contributed by atoms with Gasteiger partial charge in [0.25, 0.3) is 10.0 Å². The van der Waals surface area contributed by atoms with Crippen LogP contribution in [0.5, 0.6) is 5.75 Å². The van der Waals surface area contributed by atoms with Crippen molar-refractivity contribution >= 4 is 38.2 Å². The third-order valence-corrected chi connectivity index (χ3v) is 6.43. The first-order valence-corrected chi connectivity index (χ1v) is 10.6. The Morgan fingerprint density at radius 1 is 1.11 bits per heavy atom. The Balaban J connectivity index is 2.08. The number of hydrogen-bond acceptors (Lipinski definition) is 5. The molecule has 0 heterocycles. The Hall–Kier alpha value is -2.64. The first-order chi connectivity index (χ1) is 12.8. The predicted octanol–water partition coefficient (Wildman–Crippen LogP) is 4.82. The minimum absolute atomic E-state index is 0.0330. The lowest BCUT2D eigenvalue weighted by atomic mass is 10.1. The Kier molecular flexibility index (Phi) is 5.34. The molecule has 0 aliphatic rings. The standard InChI is InChI=1S/C20H19NO4S2/c1-13-7-9-15(10-8-13)27(24,25)21-18-11-19(26-12-14(2)22)20(23)17-6-4-3-5-16(17)18/h3-11,21-23H,2,12H2,1H3. The molecule has 0 aromatic heterocycles. The first-order valence-electron chi connectivity index (χ1n) is 8.11.